The number of carboxylic acids is 1. The number of aliphatic carboxylic acids is 1. The van der Waals surface area contributed by atoms with Gasteiger partial charge in [-0.15, -0.1) is 0 Å². The van der Waals surface area contributed by atoms with Gasteiger partial charge in [-0.25, -0.2) is 0 Å². The summed E-state index contributed by atoms with van der Waals surface area (Å²) in [5.74, 6) is -1.39. The number of carboxylic acid groups (broad SMARTS) is 1. The molecule has 5 heteroatoms. The minimum absolute atomic E-state index is 0.0323. The number of carbonyl (C=O) groups is 1. The molecule has 0 amide bonds. The van der Waals surface area contributed by atoms with Gasteiger partial charge < -0.3 is 5.11 Å². The van der Waals surface area contributed by atoms with Crippen LogP contribution >= 0.6 is 0 Å². The van der Waals surface area contributed by atoms with E-state index < -0.39 is 11.9 Å². The second-order valence-corrected chi connectivity index (χ2v) is 4.56. The van der Waals surface area contributed by atoms with Gasteiger partial charge in [0.2, 0.25) is 0 Å². The Hall–Kier alpha value is -2.61. The Labute approximate surface area is 117 Å². The Morgan fingerprint density at radius 3 is 2.75 bits per heavy atom. The van der Waals surface area contributed by atoms with Crippen LogP contribution in [-0.4, -0.2) is 20.9 Å². The molecule has 1 aromatic heterocycles. The standard InChI is InChI=1S/C15H15N3O2/c1-18-14(11-5-3-2-4-6-11)9-13(17-18)12(10-16)7-8-15(19)20/h2-6,9,12H,7-8H2,1H3,(H,19,20). The molecule has 2 rings (SSSR count). The van der Waals surface area contributed by atoms with Gasteiger partial charge in [-0.2, -0.15) is 10.4 Å². The van der Waals surface area contributed by atoms with Crippen molar-refractivity contribution in [1.29, 1.82) is 5.26 Å². The van der Waals surface area contributed by atoms with Crippen molar-refractivity contribution < 1.29 is 9.90 Å². The van der Waals surface area contributed by atoms with E-state index in [2.05, 4.69) is 11.2 Å². The monoisotopic (exact) mass is 269 g/mol. The predicted octanol–water partition coefficient (Wildman–Crippen LogP) is 2.56. The summed E-state index contributed by atoms with van der Waals surface area (Å²) in [5, 5.41) is 22.2. The smallest absolute Gasteiger partial charge is 0.303 e. The minimum atomic E-state index is -0.899. The molecule has 20 heavy (non-hydrogen) atoms. The Kier molecular flexibility index (Phi) is 4.16. The van der Waals surface area contributed by atoms with Crippen LogP contribution in [0.1, 0.15) is 24.5 Å². The fourth-order valence-corrected chi connectivity index (χ4v) is 2.09. The van der Waals surface area contributed by atoms with Gasteiger partial charge in [-0.1, -0.05) is 30.3 Å². The van der Waals surface area contributed by atoms with Crippen LogP contribution in [0.2, 0.25) is 0 Å². The van der Waals surface area contributed by atoms with Crippen molar-refractivity contribution in [2.45, 2.75) is 18.8 Å². The molecule has 0 aliphatic carbocycles. The number of rotatable bonds is 5. The molecule has 0 aliphatic rings. The van der Waals surface area contributed by atoms with Gasteiger partial charge in [-0.3, -0.25) is 9.48 Å². The van der Waals surface area contributed by atoms with Gasteiger partial charge in [0, 0.05) is 13.5 Å². The van der Waals surface area contributed by atoms with Crippen LogP contribution in [0, 0.1) is 11.3 Å². The summed E-state index contributed by atoms with van der Waals surface area (Å²) in [5.41, 5.74) is 2.55. The van der Waals surface area contributed by atoms with Crippen molar-refractivity contribution in [1.82, 2.24) is 9.78 Å². The summed E-state index contributed by atoms with van der Waals surface area (Å²) < 4.78 is 1.72. The Balaban J connectivity index is 2.26. The van der Waals surface area contributed by atoms with Crippen molar-refractivity contribution in [2.24, 2.45) is 7.05 Å². The topological polar surface area (TPSA) is 78.9 Å². The number of hydrogen-bond donors (Lipinski definition) is 1. The average molecular weight is 269 g/mol. The summed E-state index contributed by atoms with van der Waals surface area (Å²) in [6.45, 7) is 0. The summed E-state index contributed by atoms with van der Waals surface area (Å²) in [6, 6.07) is 13.7. The minimum Gasteiger partial charge on any atom is -0.481 e. The van der Waals surface area contributed by atoms with Crippen LogP contribution in [0.15, 0.2) is 36.4 Å². The van der Waals surface area contributed by atoms with Gasteiger partial charge in [0.15, 0.2) is 0 Å². The fraction of sp³-hybridized carbons (Fsp3) is 0.267. The number of benzene rings is 1. The number of aryl methyl sites for hydroxylation is 1. The first-order valence-corrected chi connectivity index (χ1v) is 6.32. The fourth-order valence-electron chi connectivity index (χ4n) is 2.09. The first-order chi connectivity index (χ1) is 9.61. The van der Waals surface area contributed by atoms with E-state index >= 15 is 0 Å². The molecular formula is C15H15N3O2. The maximum Gasteiger partial charge on any atom is 0.303 e. The molecule has 2 aromatic rings. The van der Waals surface area contributed by atoms with E-state index in [1.165, 1.54) is 0 Å². The maximum atomic E-state index is 10.6. The van der Waals surface area contributed by atoms with Gasteiger partial charge in [0.25, 0.3) is 0 Å². The Morgan fingerprint density at radius 1 is 1.45 bits per heavy atom. The summed E-state index contributed by atoms with van der Waals surface area (Å²) in [4.78, 5) is 10.6. The molecule has 1 heterocycles. The van der Waals surface area contributed by atoms with Crippen molar-refractivity contribution in [2.75, 3.05) is 0 Å². The SMILES string of the molecule is Cn1nc(C(C#N)CCC(=O)O)cc1-c1ccccc1. The third-order valence-electron chi connectivity index (χ3n) is 3.13. The first-order valence-electron chi connectivity index (χ1n) is 6.32. The van der Waals surface area contributed by atoms with Crippen molar-refractivity contribution in [3.8, 4) is 17.3 Å². The molecule has 5 nitrogen and oxygen atoms in total. The zero-order chi connectivity index (χ0) is 14.5. The summed E-state index contributed by atoms with van der Waals surface area (Å²) >= 11 is 0. The Morgan fingerprint density at radius 2 is 2.15 bits per heavy atom. The molecule has 1 atom stereocenters. The summed E-state index contributed by atoms with van der Waals surface area (Å²) in [6.07, 6.45) is 0.243. The molecule has 0 saturated heterocycles. The number of hydrogen-bond acceptors (Lipinski definition) is 3. The molecule has 0 aliphatic heterocycles. The quantitative estimate of drug-likeness (QED) is 0.904. The van der Waals surface area contributed by atoms with Crippen molar-refractivity contribution >= 4 is 5.97 Å². The highest BCUT2D eigenvalue weighted by Crippen LogP contribution is 2.25. The van der Waals surface area contributed by atoms with E-state index in [0.717, 1.165) is 11.3 Å². The number of aromatic nitrogens is 2. The van der Waals surface area contributed by atoms with Crippen LogP contribution in [0.25, 0.3) is 11.3 Å². The second kappa shape index (κ2) is 6.02. The Bertz CT molecular complexity index is 641. The predicted molar refractivity (Wildman–Crippen MR) is 73.9 cm³/mol. The van der Waals surface area contributed by atoms with Gasteiger partial charge >= 0.3 is 5.97 Å². The molecule has 0 spiro atoms. The lowest BCUT2D eigenvalue weighted by Gasteiger charge is -2.02. The van der Waals surface area contributed by atoms with Gasteiger partial charge in [0.1, 0.15) is 0 Å². The molecule has 0 saturated carbocycles. The van der Waals surface area contributed by atoms with Crippen LogP contribution < -0.4 is 0 Å². The van der Waals surface area contributed by atoms with Crippen LogP contribution in [-0.2, 0) is 11.8 Å². The molecule has 1 unspecified atom stereocenters. The lowest BCUT2D eigenvalue weighted by Crippen LogP contribution is -2.03. The van der Waals surface area contributed by atoms with E-state index in [4.69, 9.17) is 5.11 Å². The third-order valence-corrected chi connectivity index (χ3v) is 3.13. The van der Waals surface area contributed by atoms with E-state index in [9.17, 15) is 10.1 Å². The van der Waals surface area contributed by atoms with Crippen molar-refractivity contribution in [3.05, 3.63) is 42.1 Å². The number of nitriles is 1. The highest BCUT2D eigenvalue weighted by atomic mass is 16.4. The average Bonchev–Trinajstić information content (AvgIpc) is 2.82. The molecule has 0 bridgehead atoms. The lowest BCUT2D eigenvalue weighted by atomic mass is 10.0. The normalized spacial score (nSPS) is 11.8. The van der Waals surface area contributed by atoms with Crippen LogP contribution in [0.4, 0.5) is 0 Å². The first kappa shape index (κ1) is 13.8. The van der Waals surface area contributed by atoms with Gasteiger partial charge in [-0.05, 0) is 18.1 Å². The lowest BCUT2D eigenvalue weighted by molar-refractivity contribution is -0.137. The highest BCUT2D eigenvalue weighted by Gasteiger charge is 2.17. The zero-order valence-corrected chi connectivity index (χ0v) is 11.2. The largest absolute Gasteiger partial charge is 0.481 e. The maximum absolute atomic E-state index is 10.6. The molecular weight excluding hydrogens is 254 g/mol. The van der Waals surface area contributed by atoms with Crippen LogP contribution in [0.3, 0.4) is 0 Å². The second-order valence-electron chi connectivity index (χ2n) is 4.56. The molecule has 1 aromatic carbocycles. The summed E-state index contributed by atoms with van der Waals surface area (Å²) in [7, 11) is 1.82. The van der Waals surface area contributed by atoms with E-state index in [1.54, 1.807) is 4.68 Å². The molecule has 0 radical (unpaired) electrons. The number of nitrogens with zero attached hydrogens (tertiary/aromatic N) is 3. The molecule has 1 N–H and O–H groups in total. The van der Waals surface area contributed by atoms with Gasteiger partial charge in [0.05, 0.1) is 23.4 Å². The molecule has 102 valence electrons. The van der Waals surface area contributed by atoms with E-state index in [-0.39, 0.29) is 12.8 Å². The third kappa shape index (κ3) is 3.04. The zero-order valence-electron chi connectivity index (χ0n) is 11.2. The van der Waals surface area contributed by atoms with Crippen molar-refractivity contribution in [3.63, 3.8) is 0 Å². The van der Waals surface area contributed by atoms with E-state index in [0.29, 0.717) is 5.69 Å². The van der Waals surface area contributed by atoms with Crippen LogP contribution in [0.5, 0.6) is 0 Å². The molecule has 0 fully saturated rings. The van der Waals surface area contributed by atoms with E-state index in [1.807, 2.05) is 43.4 Å². The highest BCUT2D eigenvalue weighted by molar-refractivity contribution is 5.67.